The number of fused-ring (bicyclic) bond motifs is 1. The highest BCUT2D eigenvalue weighted by Crippen LogP contribution is 2.30. The highest BCUT2D eigenvalue weighted by molar-refractivity contribution is 5.99. The molecular weight excluding hydrogens is 430 g/mol. The van der Waals surface area contributed by atoms with Crippen LogP contribution >= 0.6 is 0 Å². The largest absolute Gasteiger partial charge is 0.371 e. The van der Waals surface area contributed by atoms with Gasteiger partial charge < -0.3 is 19.5 Å². The molecule has 1 aromatic heterocycles. The van der Waals surface area contributed by atoms with E-state index in [0.717, 1.165) is 56.9 Å². The van der Waals surface area contributed by atoms with E-state index in [2.05, 4.69) is 11.4 Å². The second-order valence-corrected chi connectivity index (χ2v) is 9.67. The second kappa shape index (κ2) is 10.1. The number of hydrogen-bond acceptors (Lipinski definition) is 4. The second-order valence-electron chi connectivity index (χ2n) is 9.67. The lowest BCUT2D eigenvalue weighted by Crippen LogP contribution is -2.41. The average Bonchev–Trinajstić information content (AvgIpc) is 3.43. The maximum Gasteiger partial charge on any atom is 0.259 e. The molecule has 2 fully saturated rings. The van der Waals surface area contributed by atoms with E-state index < -0.39 is 11.3 Å². The van der Waals surface area contributed by atoms with E-state index in [1.165, 1.54) is 5.56 Å². The van der Waals surface area contributed by atoms with Crippen LogP contribution in [0.25, 0.3) is 0 Å². The lowest BCUT2D eigenvalue weighted by molar-refractivity contribution is 0.0411. The molecule has 1 saturated heterocycles. The zero-order valence-corrected chi connectivity index (χ0v) is 19.6. The molecule has 7 nitrogen and oxygen atoms in total. The van der Waals surface area contributed by atoms with E-state index in [1.54, 1.807) is 17.3 Å². The van der Waals surface area contributed by atoms with Gasteiger partial charge in [0.05, 0.1) is 6.61 Å². The quantitative estimate of drug-likeness (QED) is 0.734. The summed E-state index contributed by atoms with van der Waals surface area (Å²) in [6.45, 7) is 2.21. The van der Waals surface area contributed by atoms with Crippen molar-refractivity contribution < 1.29 is 14.3 Å². The predicted molar refractivity (Wildman–Crippen MR) is 129 cm³/mol. The van der Waals surface area contributed by atoms with Crippen LogP contribution in [0.3, 0.4) is 0 Å². The number of aromatic nitrogens is 1. The van der Waals surface area contributed by atoms with Crippen molar-refractivity contribution in [2.45, 2.75) is 63.5 Å². The summed E-state index contributed by atoms with van der Waals surface area (Å²) >= 11 is 0. The standard InChI is InChI=1S/C27H33N3O4/c31-25-22(26(32)28-16-24-21-11-5-2-8-19(21)12-15-34-24)17-30(20-9-3-4-10-20)18-23(25)27(33)29-13-6-1-7-14-29/h2,5,8,11,17-18,20,24H,1,3-4,6-7,9-10,12-16H2,(H,28,32)/t24-/m0/s1. The third-order valence-electron chi connectivity index (χ3n) is 7.45. The van der Waals surface area contributed by atoms with Crippen molar-refractivity contribution in [3.05, 3.63) is 69.1 Å². The van der Waals surface area contributed by atoms with Crippen molar-refractivity contribution in [1.82, 2.24) is 14.8 Å². The van der Waals surface area contributed by atoms with Crippen molar-refractivity contribution in [3.63, 3.8) is 0 Å². The van der Waals surface area contributed by atoms with Crippen LogP contribution in [-0.2, 0) is 11.2 Å². The Hall–Kier alpha value is -2.93. The van der Waals surface area contributed by atoms with Crippen LogP contribution in [0.2, 0.25) is 0 Å². The molecule has 0 radical (unpaired) electrons. The van der Waals surface area contributed by atoms with E-state index in [-0.39, 0.29) is 35.7 Å². The zero-order valence-electron chi connectivity index (χ0n) is 19.6. The molecule has 1 aliphatic carbocycles. The fourth-order valence-electron chi connectivity index (χ4n) is 5.52. The van der Waals surface area contributed by atoms with Crippen LogP contribution in [0.1, 0.15) is 88.9 Å². The van der Waals surface area contributed by atoms with Crippen molar-refractivity contribution in [3.8, 4) is 0 Å². The normalized spacial score (nSPS) is 20.7. The Morgan fingerprint density at radius 3 is 2.50 bits per heavy atom. The predicted octanol–water partition coefficient (Wildman–Crippen LogP) is 3.63. The molecule has 2 aromatic rings. The molecule has 1 atom stereocenters. The number of piperidine rings is 1. The Morgan fingerprint density at radius 1 is 0.971 bits per heavy atom. The number of nitrogens with zero attached hydrogens (tertiary/aromatic N) is 2. The molecule has 1 aromatic carbocycles. The number of ether oxygens (including phenoxy) is 1. The Morgan fingerprint density at radius 2 is 1.71 bits per heavy atom. The maximum atomic E-state index is 13.4. The van der Waals surface area contributed by atoms with E-state index >= 15 is 0 Å². The summed E-state index contributed by atoms with van der Waals surface area (Å²) in [5.74, 6) is -0.702. The van der Waals surface area contributed by atoms with Gasteiger partial charge in [0.2, 0.25) is 5.43 Å². The number of amides is 2. The number of carbonyl (C=O) groups excluding carboxylic acids is 2. The number of carbonyl (C=O) groups is 2. The minimum absolute atomic E-state index is 0.0406. The summed E-state index contributed by atoms with van der Waals surface area (Å²) in [5.41, 5.74) is 1.98. The van der Waals surface area contributed by atoms with E-state index in [1.807, 2.05) is 22.8 Å². The Labute approximate surface area is 200 Å². The highest BCUT2D eigenvalue weighted by atomic mass is 16.5. The first-order valence-electron chi connectivity index (χ1n) is 12.6. The van der Waals surface area contributed by atoms with Crippen LogP contribution in [0.4, 0.5) is 0 Å². The van der Waals surface area contributed by atoms with Crippen LogP contribution in [0.5, 0.6) is 0 Å². The summed E-state index contributed by atoms with van der Waals surface area (Å²) in [5, 5.41) is 2.91. The monoisotopic (exact) mass is 463 g/mol. The molecule has 0 unspecified atom stereocenters. The van der Waals surface area contributed by atoms with Gasteiger partial charge in [0.15, 0.2) is 0 Å². The van der Waals surface area contributed by atoms with Gasteiger partial charge in [-0.1, -0.05) is 37.1 Å². The molecule has 1 N–H and O–H groups in total. The smallest absolute Gasteiger partial charge is 0.259 e. The van der Waals surface area contributed by atoms with Gasteiger partial charge >= 0.3 is 0 Å². The number of hydrogen-bond donors (Lipinski definition) is 1. The average molecular weight is 464 g/mol. The van der Waals surface area contributed by atoms with Crippen LogP contribution in [0, 0.1) is 0 Å². The Kier molecular flexibility index (Phi) is 6.81. The van der Waals surface area contributed by atoms with Crippen LogP contribution in [0.15, 0.2) is 41.5 Å². The van der Waals surface area contributed by atoms with Gasteiger partial charge in [0.1, 0.15) is 17.2 Å². The minimum atomic E-state index is -0.479. The highest BCUT2D eigenvalue weighted by Gasteiger charge is 2.27. The van der Waals surface area contributed by atoms with Gasteiger partial charge in [-0.3, -0.25) is 14.4 Å². The number of likely N-dealkylation sites (tertiary alicyclic amines) is 1. The number of pyridine rings is 1. The third-order valence-corrected chi connectivity index (χ3v) is 7.45. The summed E-state index contributed by atoms with van der Waals surface area (Å²) in [7, 11) is 0. The molecule has 2 aliphatic heterocycles. The molecule has 5 rings (SSSR count). The van der Waals surface area contributed by atoms with Crippen molar-refractivity contribution >= 4 is 11.8 Å². The Bertz CT molecular complexity index is 1110. The molecule has 1 saturated carbocycles. The molecule has 0 bridgehead atoms. The first kappa shape index (κ1) is 22.8. The summed E-state index contributed by atoms with van der Waals surface area (Å²) in [6.07, 6.45) is 11.2. The topological polar surface area (TPSA) is 80.6 Å². The number of benzene rings is 1. The zero-order chi connectivity index (χ0) is 23.5. The van der Waals surface area contributed by atoms with Crippen molar-refractivity contribution in [2.75, 3.05) is 26.2 Å². The molecule has 7 heteroatoms. The lowest BCUT2D eigenvalue weighted by atomic mass is 9.97. The fourth-order valence-corrected chi connectivity index (χ4v) is 5.52. The third kappa shape index (κ3) is 4.67. The summed E-state index contributed by atoms with van der Waals surface area (Å²) in [6, 6.07) is 8.31. The summed E-state index contributed by atoms with van der Waals surface area (Å²) < 4.78 is 7.85. The van der Waals surface area contributed by atoms with Crippen LogP contribution in [-0.4, -0.2) is 47.5 Å². The lowest BCUT2D eigenvalue weighted by Gasteiger charge is -2.27. The minimum Gasteiger partial charge on any atom is -0.371 e. The molecule has 3 heterocycles. The Balaban J connectivity index is 1.40. The number of rotatable bonds is 5. The first-order chi connectivity index (χ1) is 16.6. The van der Waals surface area contributed by atoms with E-state index in [9.17, 15) is 14.4 Å². The van der Waals surface area contributed by atoms with Crippen molar-refractivity contribution in [2.24, 2.45) is 0 Å². The molecule has 34 heavy (non-hydrogen) atoms. The molecule has 0 spiro atoms. The van der Waals surface area contributed by atoms with Gasteiger partial charge in [-0.05, 0) is 49.7 Å². The molecule has 2 amide bonds. The van der Waals surface area contributed by atoms with Gasteiger partial charge in [-0.15, -0.1) is 0 Å². The molecule has 180 valence electrons. The van der Waals surface area contributed by atoms with E-state index in [0.29, 0.717) is 19.7 Å². The van der Waals surface area contributed by atoms with Gasteiger partial charge in [-0.25, -0.2) is 0 Å². The fraction of sp³-hybridized carbons (Fsp3) is 0.519. The first-order valence-corrected chi connectivity index (χ1v) is 12.6. The van der Waals surface area contributed by atoms with E-state index in [4.69, 9.17) is 4.74 Å². The SMILES string of the molecule is O=C(NC[C@@H]1OCCc2ccccc21)c1cn(C2CCCC2)cc(C(=O)N2CCCCC2)c1=O. The summed E-state index contributed by atoms with van der Waals surface area (Å²) in [4.78, 5) is 41.6. The molecular formula is C27H33N3O4. The number of nitrogens with one attached hydrogen (secondary N) is 1. The van der Waals surface area contributed by atoms with Crippen molar-refractivity contribution in [1.29, 1.82) is 0 Å². The van der Waals surface area contributed by atoms with Gasteiger partial charge in [0.25, 0.3) is 11.8 Å². The van der Waals surface area contributed by atoms with Crippen LogP contribution < -0.4 is 10.7 Å². The maximum absolute atomic E-state index is 13.4. The van der Waals surface area contributed by atoms with Gasteiger partial charge in [-0.2, -0.15) is 0 Å². The van der Waals surface area contributed by atoms with Gasteiger partial charge in [0, 0.05) is 38.1 Å². The molecule has 3 aliphatic rings.